The van der Waals surface area contributed by atoms with Gasteiger partial charge in [-0.15, -0.1) is 5.10 Å². The third kappa shape index (κ3) is 3.31. The minimum atomic E-state index is 0.852. The fraction of sp³-hybridized carbons (Fsp3) is 0.500. The van der Waals surface area contributed by atoms with E-state index in [0.717, 1.165) is 24.0 Å². The predicted octanol–water partition coefficient (Wildman–Crippen LogP) is 0.430. The van der Waals surface area contributed by atoms with Crippen molar-refractivity contribution in [3.05, 3.63) is 24.0 Å². The molecule has 0 bridgehead atoms. The second kappa shape index (κ2) is 5.83. The standard InChI is InChI=1S/C10H16N6S/c1-15-6-3-4-9(15)8-11-5-7-17-10-12-13-14-16(10)2/h3-4,6,11H,5,7-8H2,1-2H3. The molecule has 0 radical (unpaired) electrons. The fourth-order valence-electron chi connectivity index (χ4n) is 1.45. The summed E-state index contributed by atoms with van der Waals surface area (Å²) < 4.78 is 3.80. The number of tetrazole rings is 1. The van der Waals surface area contributed by atoms with Crippen LogP contribution >= 0.6 is 11.8 Å². The van der Waals surface area contributed by atoms with Crippen LogP contribution in [-0.2, 0) is 20.6 Å². The van der Waals surface area contributed by atoms with Gasteiger partial charge in [0, 0.05) is 44.8 Å². The molecule has 0 aliphatic heterocycles. The van der Waals surface area contributed by atoms with Crippen molar-refractivity contribution in [2.75, 3.05) is 12.3 Å². The zero-order chi connectivity index (χ0) is 12.1. The number of aromatic nitrogens is 5. The highest BCUT2D eigenvalue weighted by atomic mass is 32.2. The first kappa shape index (κ1) is 12.1. The molecule has 0 aliphatic carbocycles. The maximum absolute atomic E-state index is 3.91. The second-order valence-electron chi connectivity index (χ2n) is 3.72. The molecule has 2 heterocycles. The average molecular weight is 252 g/mol. The molecule has 0 atom stereocenters. The predicted molar refractivity (Wildman–Crippen MR) is 66.6 cm³/mol. The van der Waals surface area contributed by atoms with Gasteiger partial charge in [-0.25, -0.2) is 4.68 Å². The lowest BCUT2D eigenvalue weighted by Crippen LogP contribution is -2.18. The van der Waals surface area contributed by atoms with Crippen molar-refractivity contribution < 1.29 is 0 Å². The average Bonchev–Trinajstić information content (AvgIpc) is 2.89. The molecule has 2 rings (SSSR count). The Hall–Kier alpha value is -1.34. The molecule has 1 N–H and O–H groups in total. The smallest absolute Gasteiger partial charge is 0.209 e. The lowest BCUT2D eigenvalue weighted by molar-refractivity contribution is 0.661. The maximum Gasteiger partial charge on any atom is 0.209 e. The molecule has 17 heavy (non-hydrogen) atoms. The summed E-state index contributed by atoms with van der Waals surface area (Å²) in [4.78, 5) is 0. The molecular formula is C10H16N6S. The molecule has 0 saturated heterocycles. The molecule has 0 unspecified atom stereocenters. The summed E-state index contributed by atoms with van der Waals surface area (Å²) in [6.45, 7) is 1.82. The molecule has 0 amide bonds. The van der Waals surface area contributed by atoms with E-state index in [1.54, 1.807) is 16.4 Å². The van der Waals surface area contributed by atoms with E-state index in [0.29, 0.717) is 0 Å². The van der Waals surface area contributed by atoms with Crippen molar-refractivity contribution in [3.8, 4) is 0 Å². The number of thioether (sulfide) groups is 1. The Morgan fingerprint density at radius 2 is 2.29 bits per heavy atom. The van der Waals surface area contributed by atoms with Crippen LogP contribution in [0.15, 0.2) is 23.5 Å². The first-order valence-corrected chi connectivity index (χ1v) is 6.42. The van der Waals surface area contributed by atoms with Crippen LogP contribution in [0.2, 0.25) is 0 Å². The molecule has 0 aromatic carbocycles. The van der Waals surface area contributed by atoms with Crippen molar-refractivity contribution in [1.82, 2.24) is 30.1 Å². The van der Waals surface area contributed by atoms with E-state index < -0.39 is 0 Å². The number of aryl methyl sites for hydroxylation is 2. The molecular weight excluding hydrogens is 236 g/mol. The molecule has 2 aromatic rings. The molecule has 92 valence electrons. The fourth-order valence-corrected chi connectivity index (χ4v) is 2.20. The van der Waals surface area contributed by atoms with E-state index >= 15 is 0 Å². The van der Waals surface area contributed by atoms with E-state index in [9.17, 15) is 0 Å². The van der Waals surface area contributed by atoms with Gasteiger partial charge in [-0.05, 0) is 22.6 Å². The third-order valence-corrected chi connectivity index (χ3v) is 3.46. The van der Waals surface area contributed by atoms with E-state index in [-0.39, 0.29) is 0 Å². The Kier molecular flexibility index (Phi) is 4.16. The van der Waals surface area contributed by atoms with Gasteiger partial charge in [-0.1, -0.05) is 11.8 Å². The van der Waals surface area contributed by atoms with Crippen LogP contribution in [0.25, 0.3) is 0 Å². The lowest BCUT2D eigenvalue weighted by atomic mass is 10.4. The van der Waals surface area contributed by atoms with Crippen LogP contribution in [-0.4, -0.2) is 37.1 Å². The van der Waals surface area contributed by atoms with E-state index in [1.807, 2.05) is 7.05 Å². The van der Waals surface area contributed by atoms with Crippen molar-refractivity contribution in [3.63, 3.8) is 0 Å². The Bertz CT molecular complexity index is 421. The highest BCUT2D eigenvalue weighted by Crippen LogP contribution is 2.10. The van der Waals surface area contributed by atoms with Gasteiger partial charge < -0.3 is 9.88 Å². The first-order chi connectivity index (χ1) is 8.27. The minimum Gasteiger partial charge on any atom is -0.353 e. The number of hydrogen-bond acceptors (Lipinski definition) is 5. The zero-order valence-electron chi connectivity index (χ0n) is 10.00. The van der Waals surface area contributed by atoms with Gasteiger partial charge in [0.25, 0.3) is 0 Å². The summed E-state index contributed by atoms with van der Waals surface area (Å²) in [6, 6.07) is 4.17. The topological polar surface area (TPSA) is 60.6 Å². The second-order valence-corrected chi connectivity index (χ2v) is 4.78. The quantitative estimate of drug-likeness (QED) is 0.597. The number of nitrogens with one attached hydrogen (secondary N) is 1. The van der Waals surface area contributed by atoms with Crippen LogP contribution in [0.5, 0.6) is 0 Å². The summed E-state index contributed by atoms with van der Waals surface area (Å²) in [6.07, 6.45) is 2.05. The number of nitrogens with zero attached hydrogens (tertiary/aromatic N) is 5. The Morgan fingerprint density at radius 3 is 2.94 bits per heavy atom. The van der Waals surface area contributed by atoms with Crippen molar-refractivity contribution in [1.29, 1.82) is 0 Å². The Balaban J connectivity index is 1.64. The van der Waals surface area contributed by atoms with Gasteiger partial charge in [0.2, 0.25) is 5.16 Å². The SMILES string of the molecule is Cn1cccc1CNCCSc1nnnn1C. The van der Waals surface area contributed by atoms with Crippen LogP contribution in [0, 0.1) is 0 Å². The molecule has 0 spiro atoms. The van der Waals surface area contributed by atoms with E-state index in [2.05, 4.69) is 50.8 Å². The highest BCUT2D eigenvalue weighted by molar-refractivity contribution is 7.99. The largest absolute Gasteiger partial charge is 0.353 e. The van der Waals surface area contributed by atoms with Crippen LogP contribution in [0.3, 0.4) is 0 Å². The molecule has 0 aliphatic rings. The lowest BCUT2D eigenvalue weighted by Gasteiger charge is -2.05. The van der Waals surface area contributed by atoms with Crippen molar-refractivity contribution >= 4 is 11.8 Å². The number of hydrogen-bond donors (Lipinski definition) is 1. The van der Waals surface area contributed by atoms with Crippen LogP contribution in [0.4, 0.5) is 0 Å². The van der Waals surface area contributed by atoms with Gasteiger partial charge in [-0.2, -0.15) is 0 Å². The molecule has 2 aromatic heterocycles. The van der Waals surface area contributed by atoms with Crippen molar-refractivity contribution in [2.45, 2.75) is 11.7 Å². The van der Waals surface area contributed by atoms with Crippen molar-refractivity contribution in [2.24, 2.45) is 14.1 Å². The minimum absolute atomic E-state index is 0.852. The van der Waals surface area contributed by atoms with Crippen LogP contribution < -0.4 is 5.32 Å². The monoisotopic (exact) mass is 252 g/mol. The Labute approximate surface area is 104 Å². The highest BCUT2D eigenvalue weighted by Gasteiger charge is 2.02. The normalized spacial score (nSPS) is 10.9. The van der Waals surface area contributed by atoms with E-state index in [1.165, 1.54) is 5.69 Å². The summed E-state index contributed by atoms with van der Waals surface area (Å²) in [5.74, 6) is 0.957. The van der Waals surface area contributed by atoms with Gasteiger partial charge >= 0.3 is 0 Å². The molecule has 7 heteroatoms. The maximum atomic E-state index is 3.91. The van der Waals surface area contributed by atoms with Gasteiger partial charge in [0.15, 0.2) is 0 Å². The number of rotatable bonds is 6. The summed E-state index contributed by atoms with van der Waals surface area (Å²) in [5.41, 5.74) is 1.29. The molecule has 6 nitrogen and oxygen atoms in total. The summed E-state index contributed by atoms with van der Waals surface area (Å²) >= 11 is 1.65. The summed E-state index contributed by atoms with van der Waals surface area (Å²) in [5, 5.41) is 15.5. The Morgan fingerprint density at radius 1 is 1.41 bits per heavy atom. The molecule has 0 fully saturated rings. The molecule has 0 saturated carbocycles. The van der Waals surface area contributed by atoms with Crippen LogP contribution in [0.1, 0.15) is 5.69 Å². The van der Waals surface area contributed by atoms with Gasteiger partial charge in [0.05, 0.1) is 0 Å². The van der Waals surface area contributed by atoms with E-state index in [4.69, 9.17) is 0 Å². The first-order valence-electron chi connectivity index (χ1n) is 5.43. The third-order valence-electron chi connectivity index (χ3n) is 2.45. The van der Waals surface area contributed by atoms with Gasteiger partial charge in [0.1, 0.15) is 0 Å². The summed E-state index contributed by atoms with van der Waals surface area (Å²) in [7, 11) is 3.90. The van der Waals surface area contributed by atoms with Gasteiger partial charge in [-0.3, -0.25) is 0 Å². The zero-order valence-corrected chi connectivity index (χ0v) is 10.8.